The van der Waals surface area contributed by atoms with Gasteiger partial charge in [0.15, 0.2) is 0 Å². The predicted molar refractivity (Wildman–Crippen MR) is 91.0 cm³/mol. The number of carbonyl (C=O) groups is 1. The van der Waals surface area contributed by atoms with Gasteiger partial charge in [-0.2, -0.15) is 0 Å². The van der Waals surface area contributed by atoms with Crippen LogP contribution in [0.15, 0.2) is 30.8 Å². The second-order valence-electron chi connectivity index (χ2n) is 5.39. The summed E-state index contributed by atoms with van der Waals surface area (Å²) in [6.45, 7) is 13.5. The Bertz CT molecular complexity index is 433. The smallest absolute Gasteiger partial charge is 0.338 e. The monoisotopic (exact) mass is 311 g/mol. The molecule has 0 spiro atoms. The minimum absolute atomic E-state index is 0. The van der Waals surface area contributed by atoms with E-state index in [0.717, 1.165) is 12.1 Å². The van der Waals surface area contributed by atoms with Crippen molar-refractivity contribution in [2.45, 2.75) is 39.8 Å². The molecule has 0 atom stereocenters. The SMILES string of the molecule is C=Cc1ccc(C(=O)OCCN(C(C)C)C(C)C)cc1.Cl. The fourth-order valence-corrected chi connectivity index (χ4v) is 2.20. The van der Waals surface area contributed by atoms with Gasteiger partial charge in [0.2, 0.25) is 0 Å². The summed E-state index contributed by atoms with van der Waals surface area (Å²) in [6, 6.07) is 8.14. The van der Waals surface area contributed by atoms with E-state index in [0.29, 0.717) is 24.3 Å². The van der Waals surface area contributed by atoms with E-state index in [9.17, 15) is 4.79 Å². The van der Waals surface area contributed by atoms with Gasteiger partial charge in [-0.15, -0.1) is 12.4 Å². The van der Waals surface area contributed by atoms with E-state index in [1.165, 1.54) is 0 Å². The summed E-state index contributed by atoms with van der Waals surface area (Å²) in [5.41, 5.74) is 1.57. The van der Waals surface area contributed by atoms with Crippen LogP contribution >= 0.6 is 12.4 Å². The molecule has 0 fully saturated rings. The molecule has 0 aliphatic heterocycles. The summed E-state index contributed by atoms with van der Waals surface area (Å²) in [7, 11) is 0. The molecular formula is C17H26ClNO2. The minimum atomic E-state index is -0.270. The maximum absolute atomic E-state index is 11.9. The van der Waals surface area contributed by atoms with E-state index in [1.807, 2.05) is 12.1 Å². The van der Waals surface area contributed by atoms with Crippen molar-refractivity contribution in [1.82, 2.24) is 4.90 Å². The molecule has 1 aromatic rings. The molecule has 0 aliphatic rings. The number of nitrogens with zero attached hydrogens (tertiary/aromatic N) is 1. The second kappa shape index (κ2) is 9.59. The largest absolute Gasteiger partial charge is 0.461 e. The number of esters is 1. The van der Waals surface area contributed by atoms with Crippen molar-refractivity contribution in [2.75, 3.05) is 13.2 Å². The number of rotatable bonds is 7. The first-order valence-corrected chi connectivity index (χ1v) is 7.11. The van der Waals surface area contributed by atoms with Crippen LogP contribution in [0.3, 0.4) is 0 Å². The molecule has 0 aromatic heterocycles. The van der Waals surface area contributed by atoms with Crippen LogP contribution < -0.4 is 0 Å². The number of hydrogen-bond donors (Lipinski definition) is 0. The average Bonchev–Trinajstić information content (AvgIpc) is 2.42. The molecule has 0 N–H and O–H groups in total. The van der Waals surface area contributed by atoms with E-state index < -0.39 is 0 Å². The molecule has 4 heteroatoms. The molecule has 1 rings (SSSR count). The molecule has 0 aliphatic carbocycles. The summed E-state index contributed by atoms with van der Waals surface area (Å²) in [5, 5.41) is 0. The normalized spacial score (nSPS) is 10.6. The van der Waals surface area contributed by atoms with E-state index in [1.54, 1.807) is 18.2 Å². The molecule has 0 bridgehead atoms. The molecule has 0 heterocycles. The molecular weight excluding hydrogens is 286 g/mol. The molecule has 1 aromatic carbocycles. The predicted octanol–water partition coefficient (Wildman–Crippen LogP) is 4.03. The Balaban J connectivity index is 0.00000400. The van der Waals surface area contributed by atoms with Crippen molar-refractivity contribution in [2.24, 2.45) is 0 Å². The van der Waals surface area contributed by atoms with Crippen LogP contribution in [0.25, 0.3) is 6.08 Å². The van der Waals surface area contributed by atoms with Gasteiger partial charge >= 0.3 is 5.97 Å². The van der Waals surface area contributed by atoms with Gasteiger partial charge in [-0.05, 0) is 45.4 Å². The topological polar surface area (TPSA) is 29.5 Å². The maximum atomic E-state index is 11.9. The van der Waals surface area contributed by atoms with Crippen molar-refractivity contribution in [3.05, 3.63) is 42.0 Å². The lowest BCUT2D eigenvalue weighted by Gasteiger charge is -2.30. The average molecular weight is 312 g/mol. The number of benzene rings is 1. The van der Waals surface area contributed by atoms with Gasteiger partial charge in [-0.1, -0.05) is 24.8 Å². The van der Waals surface area contributed by atoms with Crippen LogP contribution in [0.4, 0.5) is 0 Å². The van der Waals surface area contributed by atoms with Gasteiger partial charge in [-0.3, -0.25) is 4.90 Å². The van der Waals surface area contributed by atoms with E-state index in [-0.39, 0.29) is 18.4 Å². The van der Waals surface area contributed by atoms with Crippen LogP contribution in [0.5, 0.6) is 0 Å². The fraction of sp³-hybridized carbons (Fsp3) is 0.471. The number of carbonyl (C=O) groups excluding carboxylic acids is 1. The third-order valence-corrected chi connectivity index (χ3v) is 3.29. The maximum Gasteiger partial charge on any atom is 0.338 e. The molecule has 21 heavy (non-hydrogen) atoms. The van der Waals surface area contributed by atoms with Crippen LogP contribution in [0, 0.1) is 0 Å². The zero-order valence-electron chi connectivity index (χ0n) is 13.3. The molecule has 0 radical (unpaired) electrons. The van der Waals surface area contributed by atoms with Gasteiger partial charge in [0.1, 0.15) is 6.61 Å². The molecule has 3 nitrogen and oxygen atoms in total. The zero-order chi connectivity index (χ0) is 15.1. The Labute approximate surface area is 134 Å². The number of ether oxygens (including phenoxy) is 1. The Morgan fingerprint density at radius 3 is 2.14 bits per heavy atom. The van der Waals surface area contributed by atoms with Gasteiger partial charge in [0.05, 0.1) is 5.56 Å². The summed E-state index contributed by atoms with van der Waals surface area (Å²) in [5.74, 6) is -0.270. The van der Waals surface area contributed by atoms with E-state index in [4.69, 9.17) is 4.74 Å². The van der Waals surface area contributed by atoms with E-state index >= 15 is 0 Å². The first-order valence-electron chi connectivity index (χ1n) is 7.11. The molecule has 0 saturated heterocycles. The summed E-state index contributed by atoms with van der Waals surface area (Å²) >= 11 is 0. The lowest BCUT2D eigenvalue weighted by molar-refractivity contribution is 0.0417. The first kappa shape index (κ1) is 19.7. The molecule has 0 saturated carbocycles. The van der Waals surface area contributed by atoms with Crippen molar-refractivity contribution in [3.63, 3.8) is 0 Å². The number of halogens is 1. The Morgan fingerprint density at radius 1 is 1.19 bits per heavy atom. The highest BCUT2D eigenvalue weighted by atomic mass is 35.5. The van der Waals surface area contributed by atoms with Crippen LogP contribution in [0.2, 0.25) is 0 Å². The third-order valence-electron chi connectivity index (χ3n) is 3.29. The van der Waals surface area contributed by atoms with Crippen molar-refractivity contribution < 1.29 is 9.53 Å². The van der Waals surface area contributed by atoms with Crippen LogP contribution in [0.1, 0.15) is 43.6 Å². The summed E-state index contributed by atoms with van der Waals surface area (Å²) in [4.78, 5) is 14.2. The lowest BCUT2D eigenvalue weighted by atomic mass is 10.1. The highest BCUT2D eigenvalue weighted by Crippen LogP contribution is 2.08. The van der Waals surface area contributed by atoms with Crippen molar-refractivity contribution in [3.8, 4) is 0 Å². The highest BCUT2D eigenvalue weighted by molar-refractivity contribution is 5.89. The molecule has 0 unspecified atom stereocenters. The molecule has 118 valence electrons. The second-order valence-corrected chi connectivity index (χ2v) is 5.39. The van der Waals surface area contributed by atoms with Gasteiger partial charge < -0.3 is 4.74 Å². The van der Waals surface area contributed by atoms with Crippen LogP contribution in [-0.4, -0.2) is 36.1 Å². The van der Waals surface area contributed by atoms with Gasteiger partial charge in [0, 0.05) is 18.6 Å². The van der Waals surface area contributed by atoms with Crippen LogP contribution in [-0.2, 0) is 4.74 Å². The standard InChI is InChI=1S/C17H25NO2.ClH/c1-6-15-7-9-16(10-8-15)17(19)20-12-11-18(13(2)3)14(4)5;/h6-10,13-14H,1,11-12H2,2-5H3;1H. The lowest BCUT2D eigenvalue weighted by Crippen LogP contribution is -2.39. The number of hydrogen-bond acceptors (Lipinski definition) is 3. The van der Waals surface area contributed by atoms with E-state index in [2.05, 4.69) is 39.2 Å². The van der Waals surface area contributed by atoms with Crippen molar-refractivity contribution >= 4 is 24.5 Å². The Morgan fingerprint density at radius 2 is 1.71 bits per heavy atom. The summed E-state index contributed by atoms with van der Waals surface area (Å²) < 4.78 is 5.33. The highest BCUT2D eigenvalue weighted by Gasteiger charge is 2.14. The quantitative estimate of drug-likeness (QED) is 0.712. The Hall–Kier alpha value is -1.32. The minimum Gasteiger partial charge on any atom is -0.461 e. The molecule has 0 amide bonds. The van der Waals surface area contributed by atoms with Gasteiger partial charge in [-0.25, -0.2) is 4.79 Å². The first-order chi connectivity index (χ1) is 9.45. The zero-order valence-corrected chi connectivity index (χ0v) is 14.2. The van der Waals surface area contributed by atoms with Crippen molar-refractivity contribution in [1.29, 1.82) is 0 Å². The third kappa shape index (κ3) is 6.32. The fourth-order valence-electron chi connectivity index (χ4n) is 2.20. The Kier molecular flexibility index (Phi) is 8.98. The van der Waals surface area contributed by atoms with Gasteiger partial charge in [0.25, 0.3) is 0 Å². The summed E-state index contributed by atoms with van der Waals surface area (Å²) in [6.07, 6.45) is 1.75.